The molecule has 0 fully saturated rings. The molecule has 1 unspecified atom stereocenters. The lowest BCUT2D eigenvalue weighted by atomic mass is 10.0. The van der Waals surface area contributed by atoms with Crippen molar-refractivity contribution in [2.75, 3.05) is 5.75 Å². The number of thioether (sulfide) groups is 1. The number of nitrogens with zero attached hydrogens (tertiary/aromatic N) is 1. The Kier molecular flexibility index (Phi) is 9.42. The topological polar surface area (TPSA) is 86.2 Å². The van der Waals surface area contributed by atoms with E-state index >= 15 is 0 Å². The van der Waals surface area contributed by atoms with Crippen LogP contribution in [0.2, 0.25) is 0 Å². The number of thiol groups is 1. The predicted octanol–water partition coefficient (Wildman–Crippen LogP) is 4.23. The first-order valence-corrected chi connectivity index (χ1v) is 10.8. The van der Waals surface area contributed by atoms with E-state index in [-0.39, 0.29) is 12.2 Å². The van der Waals surface area contributed by atoms with Gasteiger partial charge in [-0.2, -0.15) is 8.78 Å². The Balaban J connectivity index is 0.000000765. The van der Waals surface area contributed by atoms with Gasteiger partial charge in [-0.15, -0.1) is 0 Å². The summed E-state index contributed by atoms with van der Waals surface area (Å²) >= 11 is 3.19. The number of aryl methyl sites for hydroxylation is 2. The normalized spacial score (nSPS) is 12.9. The van der Waals surface area contributed by atoms with Gasteiger partial charge in [0, 0.05) is 5.75 Å². The summed E-state index contributed by atoms with van der Waals surface area (Å²) in [6, 6.07) is 3.89. The summed E-state index contributed by atoms with van der Waals surface area (Å²) in [6.45, 7) is 4.14. The third kappa shape index (κ3) is 7.09. The Bertz CT molecular complexity index is 786. The van der Waals surface area contributed by atoms with E-state index in [1.54, 1.807) is 0 Å². The van der Waals surface area contributed by atoms with E-state index in [0.29, 0.717) is 10.8 Å². The molecule has 5 nitrogen and oxygen atoms in total. The van der Waals surface area contributed by atoms with E-state index < -0.39 is 21.9 Å². The van der Waals surface area contributed by atoms with Crippen molar-refractivity contribution in [1.29, 1.82) is 0 Å². The minimum Gasteiger partial charge on any atom is -0.431 e. The molecule has 1 heterocycles. The van der Waals surface area contributed by atoms with Gasteiger partial charge in [-0.05, 0) is 52.4 Å². The highest BCUT2D eigenvalue weighted by atomic mass is 79.9. The minimum atomic E-state index is -3.49. The first-order chi connectivity index (χ1) is 12.1. The summed E-state index contributed by atoms with van der Waals surface area (Å²) in [7, 11) is -2.62. The summed E-state index contributed by atoms with van der Waals surface area (Å²) in [5, 5.41) is 4.46. The molecule has 1 aromatic heterocycles. The van der Waals surface area contributed by atoms with Gasteiger partial charge < -0.3 is 4.42 Å². The second-order valence-electron chi connectivity index (χ2n) is 5.17. The van der Waals surface area contributed by atoms with E-state index in [1.807, 2.05) is 28.1 Å². The highest BCUT2D eigenvalue weighted by Gasteiger charge is 2.36. The zero-order chi connectivity index (χ0) is 19.9. The number of alkyl halides is 4. The first-order valence-electron chi connectivity index (χ1n) is 7.74. The smallest absolute Gasteiger partial charge is 0.331 e. The van der Waals surface area contributed by atoms with Crippen LogP contribution in [0.25, 0.3) is 11.1 Å². The van der Waals surface area contributed by atoms with E-state index in [9.17, 15) is 13.2 Å². The van der Waals surface area contributed by atoms with Gasteiger partial charge in [0.15, 0.2) is 22.6 Å². The van der Waals surface area contributed by atoms with Crippen LogP contribution in [0.15, 0.2) is 21.8 Å². The first kappa shape index (κ1) is 23.3. The van der Waals surface area contributed by atoms with Crippen molar-refractivity contribution in [3.05, 3.63) is 23.3 Å². The predicted molar refractivity (Wildman–Crippen MR) is 101 cm³/mol. The van der Waals surface area contributed by atoms with Crippen LogP contribution in [0.4, 0.5) is 13.2 Å². The zero-order valence-corrected chi connectivity index (χ0v) is 17.5. The average Bonchev–Trinajstić information content (AvgIpc) is 2.95. The molecule has 26 heavy (non-hydrogen) atoms. The van der Waals surface area contributed by atoms with Crippen molar-refractivity contribution < 1.29 is 26.0 Å². The number of halogens is 4. The molecule has 0 aliphatic carbocycles. The molecule has 0 bridgehead atoms. The van der Waals surface area contributed by atoms with Crippen LogP contribution in [0, 0.1) is 0 Å². The molecule has 1 aromatic carbocycles. The fourth-order valence-electron chi connectivity index (χ4n) is 2.27. The number of nitrogens with two attached hydrogens (primary N) is 1. The number of rotatable bonds is 7. The number of oxazole rings is 1. The zero-order valence-electron chi connectivity index (χ0n) is 14.2. The highest BCUT2D eigenvalue weighted by molar-refractivity contribution is 9.10. The minimum absolute atomic E-state index is 0.178. The fraction of sp³-hybridized carbons (Fsp3) is 0.533. The van der Waals surface area contributed by atoms with Gasteiger partial charge in [-0.25, -0.2) is 22.9 Å². The monoisotopic (exact) mass is 476 g/mol. The molecular weight excluding hydrogens is 457 g/mol. The molecule has 0 radical (unpaired) electrons. The summed E-state index contributed by atoms with van der Waals surface area (Å²) in [6.07, 6.45) is -0.734. The lowest BCUT2D eigenvalue weighted by Gasteiger charge is -2.12. The quantitative estimate of drug-likeness (QED) is 0.354. The van der Waals surface area contributed by atoms with Gasteiger partial charge in [0.2, 0.25) is 0 Å². The van der Waals surface area contributed by atoms with Crippen molar-refractivity contribution in [1.82, 2.24) is 4.98 Å². The Morgan fingerprint density at radius 2 is 1.96 bits per heavy atom. The second kappa shape index (κ2) is 10.5. The van der Waals surface area contributed by atoms with Gasteiger partial charge in [-0.1, -0.05) is 31.7 Å². The van der Waals surface area contributed by atoms with Crippen LogP contribution in [0.1, 0.15) is 31.4 Å². The third-order valence-corrected chi connectivity index (χ3v) is 4.79. The standard InChI is InChI=1S/C15H17BrF3NOS.H3NO2S/c1-3-9-5-6-11-13(10(9)4-2)20-14(21-11)22-8-7-12(17)15(16,18)19;1-4(2)3/h5-6,12H,3-4,7-8H2,1-2H3;4H,(H2,1,2,3). The van der Waals surface area contributed by atoms with Gasteiger partial charge in [0.25, 0.3) is 5.22 Å². The maximum Gasteiger partial charge on any atom is 0.331 e. The molecule has 2 aromatic rings. The molecule has 0 saturated carbocycles. The van der Waals surface area contributed by atoms with Crippen LogP contribution in [-0.2, 0) is 23.7 Å². The van der Waals surface area contributed by atoms with E-state index in [4.69, 9.17) is 12.8 Å². The molecule has 0 aliphatic heterocycles. The Labute approximate surface area is 164 Å². The van der Waals surface area contributed by atoms with Crippen molar-refractivity contribution >= 4 is 49.7 Å². The SMILES string of the molecule is CCc1ccc2oc(SCCC(F)C(F)(F)Br)nc2c1CC.N[SH](=O)=O. The summed E-state index contributed by atoms with van der Waals surface area (Å²) in [5.41, 5.74) is 3.86. The summed E-state index contributed by atoms with van der Waals surface area (Å²) in [5.74, 6) is 0.178. The van der Waals surface area contributed by atoms with Crippen LogP contribution in [0.3, 0.4) is 0 Å². The molecule has 11 heteroatoms. The van der Waals surface area contributed by atoms with E-state index in [1.165, 1.54) is 5.56 Å². The third-order valence-electron chi connectivity index (χ3n) is 3.43. The van der Waals surface area contributed by atoms with Gasteiger partial charge in [0.05, 0.1) is 0 Å². The highest BCUT2D eigenvalue weighted by Crippen LogP contribution is 2.33. The molecule has 1 atom stereocenters. The summed E-state index contributed by atoms with van der Waals surface area (Å²) < 4.78 is 61.8. The van der Waals surface area contributed by atoms with Gasteiger partial charge in [0.1, 0.15) is 5.52 Å². The number of benzene rings is 1. The lowest BCUT2D eigenvalue weighted by molar-refractivity contribution is 0.0210. The second-order valence-corrected chi connectivity index (χ2v) is 7.84. The molecule has 148 valence electrons. The van der Waals surface area contributed by atoms with Gasteiger partial charge in [-0.3, -0.25) is 0 Å². The van der Waals surface area contributed by atoms with Crippen LogP contribution in [-0.4, -0.2) is 30.2 Å². The van der Waals surface area contributed by atoms with Crippen molar-refractivity contribution in [2.45, 2.75) is 49.3 Å². The average molecular weight is 477 g/mol. The van der Waals surface area contributed by atoms with Crippen LogP contribution >= 0.6 is 27.7 Å². The molecule has 2 N–H and O–H groups in total. The Hall–Kier alpha value is -0.780. The van der Waals surface area contributed by atoms with Crippen LogP contribution in [0.5, 0.6) is 0 Å². The number of fused-ring (bicyclic) bond motifs is 1. The number of aromatic nitrogens is 1. The maximum absolute atomic E-state index is 13.2. The molecule has 0 amide bonds. The Morgan fingerprint density at radius 1 is 1.35 bits per heavy atom. The molecule has 2 rings (SSSR count). The fourth-order valence-corrected chi connectivity index (χ4v) is 3.30. The maximum atomic E-state index is 13.2. The number of hydrogen-bond donors (Lipinski definition) is 2. The lowest BCUT2D eigenvalue weighted by Crippen LogP contribution is -2.22. The molecule has 0 spiro atoms. The van der Waals surface area contributed by atoms with Crippen LogP contribution < -0.4 is 5.14 Å². The van der Waals surface area contributed by atoms with E-state index in [0.717, 1.165) is 35.7 Å². The largest absolute Gasteiger partial charge is 0.431 e. The van der Waals surface area contributed by atoms with E-state index in [2.05, 4.69) is 24.0 Å². The summed E-state index contributed by atoms with van der Waals surface area (Å²) in [4.78, 5) is 0.940. The van der Waals surface area contributed by atoms with Crippen molar-refractivity contribution in [2.24, 2.45) is 5.14 Å². The number of hydrogen-bond acceptors (Lipinski definition) is 5. The Morgan fingerprint density at radius 3 is 2.46 bits per heavy atom. The van der Waals surface area contributed by atoms with Gasteiger partial charge >= 0.3 is 4.83 Å². The molecule has 0 saturated heterocycles. The van der Waals surface area contributed by atoms with Crippen molar-refractivity contribution in [3.63, 3.8) is 0 Å². The molecule has 0 aliphatic rings. The van der Waals surface area contributed by atoms with Crippen molar-refractivity contribution in [3.8, 4) is 0 Å². The molecular formula is C15H20BrF3N2O3S2.